The lowest BCUT2D eigenvalue weighted by Crippen LogP contribution is -1.85. The third-order valence-electron chi connectivity index (χ3n) is 3.19. The van der Waals surface area contributed by atoms with Gasteiger partial charge in [-0.2, -0.15) is 0 Å². The molecule has 0 unspecified atom stereocenters. The standard InChI is InChI=1S/C16H14N2OS/c1-11-15(12-5-3-2-4-6-12)16(18-19-11)13-7-9-14(20-17)10-8-13/h2-10H,17H2,1H3. The number of aryl methyl sites for hydroxylation is 1. The molecule has 0 spiro atoms. The van der Waals surface area contributed by atoms with E-state index in [1.807, 2.05) is 49.4 Å². The predicted molar refractivity (Wildman–Crippen MR) is 82.2 cm³/mol. The number of nitrogens with zero attached hydrogens (tertiary/aromatic N) is 1. The molecule has 0 aliphatic rings. The van der Waals surface area contributed by atoms with Crippen molar-refractivity contribution in [3.05, 3.63) is 60.4 Å². The van der Waals surface area contributed by atoms with Crippen LogP contribution in [0.4, 0.5) is 0 Å². The molecule has 4 heteroatoms. The first kappa shape index (κ1) is 13.0. The Hall–Kier alpha value is -2.04. The number of nitrogens with two attached hydrogens (primary N) is 1. The maximum atomic E-state index is 5.55. The molecule has 0 radical (unpaired) electrons. The molecule has 2 aromatic carbocycles. The van der Waals surface area contributed by atoms with E-state index in [1.165, 1.54) is 11.9 Å². The zero-order valence-electron chi connectivity index (χ0n) is 11.0. The maximum absolute atomic E-state index is 5.55. The third kappa shape index (κ3) is 2.35. The zero-order valence-corrected chi connectivity index (χ0v) is 11.9. The normalized spacial score (nSPS) is 10.7. The maximum Gasteiger partial charge on any atom is 0.142 e. The second-order valence-corrected chi connectivity index (χ2v) is 5.18. The number of aromatic nitrogens is 1. The molecule has 3 aromatic rings. The van der Waals surface area contributed by atoms with Crippen LogP contribution in [0.1, 0.15) is 5.76 Å². The van der Waals surface area contributed by atoms with Crippen molar-refractivity contribution in [3.63, 3.8) is 0 Å². The Bertz CT molecular complexity index is 705. The van der Waals surface area contributed by atoms with Crippen LogP contribution in [0.15, 0.2) is 64.0 Å². The van der Waals surface area contributed by atoms with E-state index in [0.29, 0.717) is 0 Å². The summed E-state index contributed by atoms with van der Waals surface area (Å²) >= 11 is 1.23. The third-order valence-corrected chi connectivity index (χ3v) is 3.73. The van der Waals surface area contributed by atoms with E-state index in [9.17, 15) is 0 Å². The van der Waals surface area contributed by atoms with E-state index in [1.54, 1.807) is 0 Å². The topological polar surface area (TPSA) is 52.0 Å². The van der Waals surface area contributed by atoms with Gasteiger partial charge in [0.15, 0.2) is 0 Å². The van der Waals surface area contributed by atoms with Crippen LogP contribution in [-0.4, -0.2) is 5.16 Å². The smallest absolute Gasteiger partial charge is 0.142 e. The molecule has 1 aromatic heterocycles. The zero-order chi connectivity index (χ0) is 13.9. The molecule has 2 N–H and O–H groups in total. The molecule has 0 saturated heterocycles. The Balaban J connectivity index is 2.11. The van der Waals surface area contributed by atoms with Gasteiger partial charge in [0.25, 0.3) is 0 Å². The Morgan fingerprint density at radius 2 is 1.65 bits per heavy atom. The van der Waals surface area contributed by atoms with E-state index in [0.717, 1.165) is 33.0 Å². The summed E-state index contributed by atoms with van der Waals surface area (Å²) in [4.78, 5) is 1.02. The predicted octanol–water partition coefficient (Wildman–Crippen LogP) is 4.28. The fraction of sp³-hybridized carbons (Fsp3) is 0.0625. The fourth-order valence-corrected chi connectivity index (χ4v) is 2.50. The highest BCUT2D eigenvalue weighted by Crippen LogP contribution is 2.34. The first-order valence-corrected chi connectivity index (χ1v) is 7.16. The number of hydrogen-bond donors (Lipinski definition) is 1. The molecule has 0 aliphatic heterocycles. The summed E-state index contributed by atoms with van der Waals surface area (Å²) < 4.78 is 5.38. The highest BCUT2D eigenvalue weighted by molar-refractivity contribution is 7.97. The van der Waals surface area contributed by atoms with Crippen molar-refractivity contribution >= 4 is 11.9 Å². The van der Waals surface area contributed by atoms with Gasteiger partial charge in [0, 0.05) is 10.5 Å². The lowest BCUT2D eigenvalue weighted by Gasteiger charge is -2.03. The van der Waals surface area contributed by atoms with Crippen LogP contribution in [0.2, 0.25) is 0 Å². The minimum Gasteiger partial charge on any atom is -0.360 e. The number of hydrogen-bond acceptors (Lipinski definition) is 4. The molecule has 1 heterocycles. The van der Waals surface area contributed by atoms with Crippen LogP contribution in [0.5, 0.6) is 0 Å². The van der Waals surface area contributed by atoms with Gasteiger partial charge in [-0.3, -0.25) is 5.14 Å². The highest BCUT2D eigenvalue weighted by Gasteiger charge is 2.16. The van der Waals surface area contributed by atoms with Crippen molar-refractivity contribution in [2.45, 2.75) is 11.8 Å². The van der Waals surface area contributed by atoms with Gasteiger partial charge in [-0.25, -0.2) is 0 Å². The summed E-state index contributed by atoms with van der Waals surface area (Å²) in [6.07, 6.45) is 0. The minimum absolute atomic E-state index is 0.823. The summed E-state index contributed by atoms with van der Waals surface area (Å²) in [6, 6.07) is 18.1. The van der Waals surface area contributed by atoms with Crippen LogP contribution in [0.25, 0.3) is 22.4 Å². The van der Waals surface area contributed by atoms with Crippen molar-refractivity contribution in [1.29, 1.82) is 0 Å². The van der Waals surface area contributed by atoms with Crippen LogP contribution >= 0.6 is 11.9 Å². The number of rotatable bonds is 3. The Labute approximate surface area is 121 Å². The summed E-state index contributed by atoms with van der Waals surface area (Å²) in [6.45, 7) is 1.93. The lowest BCUT2D eigenvalue weighted by atomic mass is 10.00. The van der Waals surface area contributed by atoms with Crippen molar-refractivity contribution in [1.82, 2.24) is 5.16 Å². The Morgan fingerprint density at radius 3 is 2.30 bits per heavy atom. The summed E-state index contributed by atoms with van der Waals surface area (Å²) in [5, 5.41) is 9.75. The molecular weight excluding hydrogens is 268 g/mol. The molecule has 20 heavy (non-hydrogen) atoms. The van der Waals surface area contributed by atoms with Crippen LogP contribution < -0.4 is 5.14 Å². The fourth-order valence-electron chi connectivity index (χ4n) is 2.21. The van der Waals surface area contributed by atoms with Gasteiger partial charge in [-0.1, -0.05) is 47.6 Å². The van der Waals surface area contributed by atoms with Crippen LogP contribution in [-0.2, 0) is 0 Å². The average Bonchev–Trinajstić information content (AvgIpc) is 2.90. The molecule has 0 aliphatic carbocycles. The van der Waals surface area contributed by atoms with Crippen molar-refractivity contribution in [2.24, 2.45) is 5.14 Å². The largest absolute Gasteiger partial charge is 0.360 e. The monoisotopic (exact) mass is 282 g/mol. The molecule has 3 rings (SSSR count). The second kappa shape index (κ2) is 5.53. The van der Waals surface area contributed by atoms with Crippen molar-refractivity contribution < 1.29 is 4.52 Å². The van der Waals surface area contributed by atoms with E-state index in [4.69, 9.17) is 9.66 Å². The van der Waals surface area contributed by atoms with Gasteiger partial charge in [-0.15, -0.1) is 0 Å². The van der Waals surface area contributed by atoms with Crippen molar-refractivity contribution in [3.8, 4) is 22.4 Å². The first-order valence-electron chi connectivity index (χ1n) is 6.28. The molecule has 3 nitrogen and oxygen atoms in total. The molecule has 0 atom stereocenters. The molecule has 0 amide bonds. The van der Waals surface area contributed by atoms with E-state index in [-0.39, 0.29) is 0 Å². The van der Waals surface area contributed by atoms with Gasteiger partial charge in [0.1, 0.15) is 11.5 Å². The van der Waals surface area contributed by atoms with Gasteiger partial charge in [-0.05, 0) is 36.6 Å². The average molecular weight is 282 g/mol. The summed E-state index contributed by atoms with van der Waals surface area (Å²) in [5.74, 6) is 0.823. The van der Waals surface area contributed by atoms with Gasteiger partial charge in [0.05, 0.1) is 5.56 Å². The summed E-state index contributed by atoms with van der Waals surface area (Å²) in [7, 11) is 0. The Kier molecular flexibility index (Phi) is 3.58. The van der Waals surface area contributed by atoms with Crippen LogP contribution in [0, 0.1) is 6.92 Å². The molecule has 0 saturated carbocycles. The minimum atomic E-state index is 0.823. The van der Waals surface area contributed by atoms with Gasteiger partial charge in [0.2, 0.25) is 0 Å². The molecule has 0 bridgehead atoms. The molecule has 0 fully saturated rings. The SMILES string of the molecule is Cc1onc(-c2ccc(SN)cc2)c1-c1ccccc1. The quantitative estimate of drug-likeness (QED) is 0.728. The summed E-state index contributed by atoms with van der Waals surface area (Å²) in [5.41, 5.74) is 4.04. The molecule has 100 valence electrons. The lowest BCUT2D eigenvalue weighted by molar-refractivity contribution is 0.400. The van der Waals surface area contributed by atoms with E-state index < -0.39 is 0 Å². The first-order chi connectivity index (χ1) is 9.79. The van der Waals surface area contributed by atoms with Crippen LogP contribution in [0.3, 0.4) is 0 Å². The molecular formula is C16H14N2OS. The Morgan fingerprint density at radius 1 is 0.950 bits per heavy atom. The number of benzene rings is 2. The van der Waals surface area contributed by atoms with Crippen molar-refractivity contribution in [2.75, 3.05) is 0 Å². The van der Waals surface area contributed by atoms with Gasteiger partial charge >= 0.3 is 0 Å². The van der Waals surface area contributed by atoms with E-state index in [2.05, 4.69) is 17.3 Å². The second-order valence-electron chi connectivity index (χ2n) is 4.47. The highest BCUT2D eigenvalue weighted by atomic mass is 32.2. The van der Waals surface area contributed by atoms with Gasteiger partial charge < -0.3 is 4.52 Å². The van der Waals surface area contributed by atoms with E-state index >= 15 is 0 Å².